The van der Waals surface area contributed by atoms with Crippen molar-refractivity contribution in [3.63, 3.8) is 0 Å². The Morgan fingerprint density at radius 2 is 2.00 bits per heavy atom. The van der Waals surface area contributed by atoms with Gasteiger partial charge in [-0.15, -0.1) is 11.3 Å². The number of carbonyl (C=O) groups is 2. The molecule has 104 valence electrons. The van der Waals surface area contributed by atoms with Gasteiger partial charge in [-0.25, -0.2) is 4.98 Å². The second-order valence-corrected chi connectivity index (χ2v) is 6.11. The standard InChI is InChI=1S/C13H12IN3O2S/c1-8(18)15-6-12(19)17-13-16-11(7-20-13)9-2-4-10(14)5-3-9/h2-5,7H,6H2,1H3,(H,15,18)(H,16,17,19). The largest absolute Gasteiger partial charge is 0.347 e. The molecule has 0 radical (unpaired) electrons. The van der Waals surface area contributed by atoms with E-state index in [1.54, 1.807) is 0 Å². The number of hydrogen-bond acceptors (Lipinski definition) is 4. The zero-order valence-corrected chi connectivity index (χ0v) is 13.6. The predicted molar refractivity (Wildman–Crippen MR) is 87.6 cm³/mol. The van der Waals surface area contributed by atoms with Crippen LogP contribution in [0.15, 0.2) is 29.6 Å². The molecule has 0 spiro atoms. The fourth-order valence-corrected chi connectivity index (χ4v) is 2.55. The Balaban J connectivity index is 2.00. The maximum absolute atomic E-state index is 11.5. The monoisotopic (exact) mass is 401 g/mol. The Morgan fingerprint density at radius 3 is 2.65 bits per heavy atom. The van der Waals surface area contributed by atoms with Crippen molar-refractivity contribution in [3.8, 4) is 11.3 Å². The van der Waals surface area contributed by atoms with E-state index in [-0.39, 0.29) is 18.4 Å². The first-order valence-corrected chi connectivity index (χ1v) is 7.76. The number of thiazole rings is 1. The van der Waals surface area contributed by atoms with E-state index in [1.807, 2.05) is 29.6 Å². The highest BCUT2D eigenvalue weighted by molar-refractivity contribution is 14.1. The highest BCUT2D eigenvalue weighted by atomic mass is 127. The molecule has 0 atom stereocenters. The van der Waals surface area contributed by atoms with Gasteiger partial charge in [0.1, 0.15) is 0 Å². The number of carbonyl (C=O) groups excluding carboxylic acids is 2. The van der Waals surface area contributed by atoms with Gasteiger partial charge in [0, 0.05) is 21.4 Å². The molecular formula is C13H12IN3O2S. The number of halogens is 1. The minimum absolute atomic E-state index is 0.0478. The van der Waals surface area contributed by atoms with Gasteiger partial charge in [0.2, 0.25) is 11.8 Å². The molecule has 2 N–H and O–H groups in total. The van der Waals surface area contributed by atoms with E-state index in [9.17, 15) is 9.59 Å². The van der Waals surface area contributed by atoms with E-state index in [4.69, 9.17) is 0 Å². The van der Waals surface area contributed by atoms with E-state index in [0.717, 1.165) is 14.8 Å². The Kier molecular flexibility index (Phi) is 5.07. The van der Waals surface area contributed by atoms with Crippen molar-refractivity contribution in [2.24, 2.45) is 0 Å². The van der Waals surface area contributed by atoms with Crippen LogP contribution in [0.2, 0.25) is 0 Å². The Hall–Kier alpha value is -1.48. The summed E-state index contributed by atoms with van der Waals surface area (Å²) >= 11 is 3.60. The van der Waals surface area contributed by atoms with Gasteiger partial charge in [-0.3, -0.25) is 9.59 Å². The van der Waals surface area contributed by atoms with Crippen molar-refractivity contribution in [2.45, 2.75) is 6.92 Å². The van der Waals surface area contributed by atoms with Crippen LogP contribution in [-0.4, -0.2) is 23.3 Å². The van der Waals surface area contributed by atoms with E-state index in [2.05, 4.69) is 38.2 Å². The summed E-state index contributed by atoms with van der Waals surface area (Å²) in [6.45, 7) is 1.32. The van der Waals surface area contributed by atoms with Crippen LogP contribution >= 0.6 is 33.9 Å². The molecule has 0 aliphatic carbocycles. The topological polar surface area (TPSA) is 71.1 Å². The molecule has 1 aromatic carbocycles. The first-order valence-electron chi connectivity index (χ1n) is 5.80. The maximum Gasteiger partial charge on any atom is 0.245 e. The van der Waals surface area contributed by atoms with Crippen molar-refractivity contribution in [2.75, 3.05) is 11.9 Å². The normalized spacial score (nSPS) is 10.1. The molecule has 2 aromatic rings. The molecular weight excluding hydrogens is 389 g/mol. The maximum atomic E-state index is 11.5. The number of hydrogen-bond donors (Lipinski definition) is 2. The number of benzene rings is 1. The zero-order valence-electron chi connectivity index (χ0n) is 10.6. The summed E-state index contributed by atoms with van der Waals surface area (Å²) in [5, 5.41) is 7.49. The van der Waals surface area contributed by atoms with Crippen LogP contribution in [0.5, 0.6) is 0 Å². The first kappa shape index (κ1) is 14.9. The molecule has 1 aromatic heterocycles. The Labute approximate surface area is 133 Å². The summed E-state index contributed by atoms with van der Waals surface area (Å²) < 4.78 is 1.16. The third kappa shape index (κ3) is 4.27. The molecule has 7 heteroatoms. The van der Waals surface area contributed by atoms with Gasteiger partial charge in [0.05, 0.1) is 12.2 Å². The van der Waals surface area contributed by atoms with Crippen molar-refractivity contribution >= 4 is 50.9 Å². The van der Waals surface area contributed by atoms with Crippen molar-refractivity contribution in [1.29, 1.82) is 0 Å². The van der Waals surface area contributed by atoms with Gasteiger partial charge in [0.25, 0.3) is 0 Å². The summed E-state index contributed by atoms with van der Waals surface area (Å²) in [6.07, 6.45) is 0. The van der Waals surface area contributed by atoms with E-state index in [1.165, 1.54) is 18.3 Å². The van der Waals surface area contributed by atoms with Crippen LogP contribution < -0.4 is 10.6 Å². The fraction of sp³-hybridized carbons (Fsp3) is 0.154. The summed E-state index contributed by atoms with van der Waals surface area (Å²) in [7, 11) is 0. The fourth-order valence-electron chi connectivity index (χ4n) is 1.45. The summed E-state index contributed by atoms with van der Waals surface area (Å²) in [5.74, 6) is -0.525. The lowest BCUT2D eigenvalue weighted by Gasteiger charge is -2.01. The second kappa shape index (κ2) is 6.80. The molecule has 0 fully saturated rings. The third-order valence-electron chi connectivity index (χ3n) is 2.39. The van der Waals surface area contributed by atoms with Crippen LogP contribution in [0.3, 0.4) is 0 Å². The lowest BCUT2D eigenvalue weighted by Crippen LogP contribution is -2.31. The van der Waals surface area contributed by atoms with Gasteiger partial charge in [-0.1, -0.05) is 12.1 Å². The lowest BCUT2D eigenvalue weighted by molar-refractivity contribution is -0.122. The number of nitrogens with zero attached hydrogens (tertiary/aromatic N) is 1. The number of aromatic nitrogens is 1. The molecule has 20 heavy (non-hydrogen) atoms. The van der Waals surface area contributed by atoms with Crippen LogP contribution in [0.25, 0.3) is 11.3 Å². The van der Waals surface area contributed by atoms with Crippen LogP contribution in [0.4, 0.5) is 5.13 Å². The smallest absolute Gasteiger partial charge is 0.245 e. The van der Waals surface area contributed by atoms with E-state index >= 15 is 0 Å². The Bertz CT molecular complexity index is 625. The minimum Gasteiger partial charge on any atom is -0.347 e. The summed E-state index contributed by atoms with van der Waals surface area (Å²) in [6, 6.07) is 7.98. The summed E-state index contributed by atoms with van der Waals surface area (Å²) in [5.41, 5.74) is 1.82. The van der Waals surface area contributed by atoms with Gasteiger partial charge in [-0.05, 0) is 34.7 Å². The van der Waals surface area contributed by atoms with Crippen molar-refractivity contribution in [3.05, 3.63) is 33.2 Å². The molecule has 5 nitrogen and oxygen atoms in total. The van der Waals surface area contributed by atoms with Gasteiger partial charge >= 0.3 is 0 Å². The molecule has 0 aliphatic heterocycles. The lowest BCUT2D eigenvalue weighted by atomic mass is 10.2. The molecule has 2 amide bonds. The number of nitrogens with one attached hydrogen (secondary N) is 2. The van der Waals surface area contributed by atoms with Crippen LogP contribution in [0, 0.1) is 3.57 Å². The SMILES string of the molecule is CC(=O)NCC(=O)Nc1nc(-c2ccc(I)cc2)cs1. The van der Waals surface area contributed by atoms with Gasteiger partial charge in [0.15, 0.2) is 5.13 Å². The number of rotatable bonds is 4. The predicted octanol–water partition coefficient (Wildman–Crippen LogP) is 2.49. The molecule has 0 aliphatic rings. The molecule has 0 saturated heterocycles. The van der Waals surface area contributed by atoms with E-state index < -0.39 is 0 Å². The second-order valence-electron chi connectivity index (χ2n) is 4.00. The zero-order chi connectivity index (χ0) is 14.5. The van der Waals surface area contributed by atoms with Gasteiger partial charge < -0.3 is 10.6 Å². The molecule has 1 heterocycles. The molecule has 2 rings (SSSR count). The van der Waals surface area contributed by atoms with Crippen LogP contribution in [-0.2, 0) is 9.59 Å². The average Bonchev–Trinajstić information content (AvgIpc) is 2.85. The average molecular weight is 401 g/mol. The molecule has 0 unspecified atom stereocenters. The van der Waals surface area contributed by atoms with Crippen molar-refractivity contribution in [1.82, 2.24) is 10.3 Å². The highest BCUT2D eigenvalue weighted by Gasteiger charge is 2.08. The highest BCUT2D eigenvalue weighted by Crippen LogP contribution is 2.25. The van der Waals surface area contributed by atoms with Crippen LogP contribution in [0.1, 0.15) is 6.92 Å². The number of anilines is 1. The van der Waals surface area contributed by atoms with E-state index in [0.29, 0.717) is 5.13 Å². The first-order chi connectivity index (χ1) is 9.54. The molecule has 0 saturated carbocycles. The molecule has 0 bridgehead atoms. The minimum atomic E-state index is -0.288. The van der Waals surface area contributed by atoms with Gasteiger partial charge in [-0.2, -0.15) is 0 Å². The summed E-state index contributed by atoms with van der Waals surface area (Å²) in [4.78, 5) is 26.6. The number of amides is 2. The third-order valence-corrected chi connectivity index (χ3v) is 3.87. The van der Waals surface area contributed by atoms with Crippen molar-refractivity contribution < 1.29 is 9.59 Å². The quantitative estimate of drug-likeness (QED) is 0.774. The Morgan fingerprint density at radius 1 is 1.30 bits per heavy atom.